The van der Waals surface area contributed by atoms with Crippen molar-refractivity contribution in [2.75, 3.05) is 26.3 Å². The number of carbonyl (C=O) groups excluding carboxylic acids is 1. The van der Waals surface area contributed by atoms with Gasteiger partial charge in [0.05, 0.1) is 12.1 Å². The predicted octanol–water partition coefficient (Wildman–Crippen LogP) is 2.55. The van der Waals surface area contributed by atoms with E-state index in [0.717, 1.165) is 18.5 Å². The standard InChI is InChI=1S/C20H23N3O4/c1-13-11-18(22-14(2)21-13)27-15-5-4-8-23(12-15)20(24)16-6-3-7-17-19(16)26-10-9-25-17/h3,6-7,11,15H,4-5,8-10,12H2,1-2H3/t15-/m1/s1. The number of para-hydroxylation sites is 1. The number of aryl methyl sites for hydroxylation is 2. The molecular formula is C20H23N3O4. The van der Waals surface area contributed by atoms with Crippen LogP contribution >= 0.6 is 0 Å². The molecular weight excluding hydrogens is 346 g/mol. The number of amides is 1. The SMILES string of the molecule is Cc1cc(O[C@@H]2CCCN(C(=O)c3cccc4c3OCCO4)C2)nc(C)n1. The lowest BCUT2D eigenvalue weighted by atomic mass is 10.1. The van der Waals surface area contributed by atoms with Gasteiger partial charge in [-0.2, -0.15) is 4.98 Å². The molecule has 142 valence electrons. The Labute approximate surface area is 158 Å². The molecule has 3 heterocycles. The first-order valence-corrected chi connectivity index (χ1v) is 9.27. The molecule has 0 saturated carbocycles. The van der Waals surface area contributed by atoms with E-state index in [4.69, 9.17) is 14.2 Å². The Hall–Kier alpha value is -2.83. The third kappa shape index (κ3) is 3.82. The maximum absolute atomic E-state index is 13.1. The minimum Gasteiger partial charge on any atom is -0.486 e. The van der Waals surface area contributed by atoms with Gasteiger partial charge in [-0.15, -0.1) is 0 Å². The maximum atomic E-state index is 13.1. The summed E-state index contributed by atoms with van der Waals surface area (Å²) < 4.78 is 17.3. The van der Waals surface area contributed by atoms with Crippen LogP contribution in [0, 0.1) is 13.8 Å². The molecule has 2 aromatic rings. The molecule has 1 aromatic heterocycles. The van der Waals surface area contributed by atoms with Crippen LogP contribution in [0.25, 0.3) is 0 Å². The molecule has 27 heavy (non-hydrogen) atoms. The van der Waals surface area contributed by atoms with Crippen LogP contribution in [0.1, 0.15) is 34.7 Å². The molecule has 1 fully saturated rings. The molecule has 2 aliphatic heterocycles. The fourth-order valence-corrected chi connectivity index (χ4v) is 3.55. The summed E-state index contributed by atoms with van der Waals surface area (Å²) >= 11 is 0. The Balaban J connectivity index is 1.49. The van der Waals surface area contributed by atoms with Crippen LogP contribution in [0.5, 0.6) is 17.4 Å². The van der Waals surface area contributed by atoms with Crippen LogP contribution < -0.4 is 14.2 Å². The summed E-state index contributed by atoms with van der Waals surface area (Å²) in [6.45, 7) is 5.93. The molecule has 1 aromatic carbocycles. The largest absolute Gasteiger partial charge is 0.486 e. The molecule has 0 radical (unpaired) electrons. The van der Waals surface area contributed by atoms with E-state index in [2.05, 4.69) is 9.97 Å². The van der Waals surface area contributed by atoms with Crippen molar-refractivity contribution in [3.63, 3.8) is 0 Å². The molecule has 0 aliphatic carbocycles. The first-order chi connectivity index (χ1) is 13.1. The number of nitrogens with zero attached hydrogens (tertiary/aromatic N) is 3. The second kappa shape index (κ2) is 7.42. The Morgan fingerprint density at radius 2 is 2.07 bits per heavy atom. The predicted molar refractivity (Wildman–Crippen MR) is 98.5 cm³/mol. The number of aromatic nitrogens is 2. The van der Waals surface area contributed by atoms with Crippen molar-refractivity contribution in [3.05, 3.63) is 41.3 Å². The molecule has 0 N–H and O–H groups in total. The minimum atomic E-state index is -0.0897. The van der Waals surface area contributed by atoms with Crippen molar-refractivity contribution < 1.29 is 19.0 Å². The van der Waals surface area contributed by atoms with Crippen molar-refractivity contribution in [2.24, 2.45) is 0 Å². The lowest BCUT2D eigenvalue weighted by Crippen LogP contribution is -2.44. The molecule has 1 atom stereocenters. The van der Waals surface area contributed by atoms with Crippen LogP contribution in [0.3, 0.4) is 0 Å². The lowest BCUT2D eigenvalue weighted by Gasteiger charge is -2.33. The van der Waals surface area contributed by atoms with Gasteiger partial charge in [0, 0.05) is 18.3 Å². The molecule has 2 aliphatic rings. The van der Waals surface area contributed by atoms with Gasteiger partial charge in [0.15, 0.2) is 11.5 Å². The van der Waals surface area contributed by atoms with E-state index >= 15 is 0 Å². The highest BCUT2D eigenvalue weighted by molar-refractivity contribution is 5.98. The smallest absolute Gasteiger partial charge is 0.257 e. The molecule has 0 unspecified atom stereocenters. The van der Waals surface area contributed by atoms with E-state index in [1.807, 2.05) is 36.9 Å². The highest BCUT2D eigenvalue weighted by atomic mass is 16.6. The zero-order chi connectivity index (χ0) is 18.8. The number of rotatable bonds is 3. The number of ether oxygens (including phenoxy) is 3. The number of piperidine rings is 1. The van der Waals surface area contributed by atoms with Crippen molar-refractivity contribution in [1.82, 2.24) is 14.9 Å². The van der Waals surface area contributed by atoms with Crippen molar-refractivity contribution in [2.45, 2.75) is 32.8 Å². The molecule has 7 heteroatoms. The topological polar surface area (TPSA) is 73.8 Å². The first kappa shape index (κ1) is 17.6. The van der Waals surface area contributed by atoms with Crippen LogP contribution in [0.4, 0.5) is 0 Å². The molecule has 7 nitrogen and oxygen atoms in total. The van der Waals surface area contributed by atoms with Gasteiger partial charge in [-0.3, -0.25) is 4.79 Å². The Kier molecular flexibility index (Phi) is 4.83. The number of carbonyl (C=O) groups is 1. The molecule has 4 rings (SSSR count). The van der Waals surface area contributed by atoms with Crippen LogP contribution in [0.15, 0.2) is 24.3 Å². The number of hydrogen-bond acceptors (Lipinski definition) is 6. The average molecular weight is 369 g/mol. The summed E-state index contributed by atoms with van der Waals surface area (Å²) in [6.07, 6.45) is 1.68. The maximum Gasteiger partial charge on any atom is 0.257 e. The summed E-state index contributed by atoms with van der Waals surface area (Å²) in [6, 6.07) is 7.27. The Bertz CT molecular complexity index is 835. The zero-order valence-electron chi connectivity index (χ0n) is 15.6. The highest BCUT2D eigenvalue weighted by Gasteiger charge is 2.29. The van der Waals surface area contributed by atoms with E-state index in [-0.39, 0.29) is 12.0 Å². The van der Waals surface area contributed by atoms with E-state index in [0.29, 0.717) is 55.1 Å². The normalized spacial score (nSPS) is 18.9. The summed E-state index contributed by atoms with van der Waals surface area (Å²) in [7, 11) is 0. The summed E-state index contributed by atoms with van der Waals surface area (Å²) in [5.41, 5.74) is 1.41. The van der Waals surface area contributed by atoms with Crippen LogP contribution in [-0.4, -0.2) is 53.2 Å². The van der Waals surface area contributed by atoms with Gasteiger partial charge < -0.3 is 19.1 Å². The second-order valence-corrected chi connectivity index (χ2v) is 6.86. The molecule has 1 amide bonds. The monoisotopic (exact) mass is 369 g/mol. The molecule has 0 spiro atoms. The highest BCUT2D eigenvalue weighted by Crippen LogP contribution is 2.34. The van der Waals surface area contributed by atoms with E-state index < -0.39 is 0 Å². The van der Waals surface area contributed by atoms with Crippen molar-refractivity contribution in [1.29, 1.82) is 0 Å². The Morgan fingerprint density at radius 1 is 1.22 bits per heavy atom. The third-order valence-corrected chi connectivity index (χ3v) is 4.69. The fourth-order valence-electron chi connectivity index (χ4n) is 3.55. The van der Waals surface area contributed by atoms with Gasteiger partial charge in [-0.05, 0) is 38.8 Å². The van der Waals surface area contributed by atoms with Crippen LogP contribution in [-0.2, 0) is 0 Å². The zero-order valence-corrected chi connectivity index (χ0v) is 15.6. The quantitative estimate of drug-likeness (QED) is 0.828. The lowest BCUT2D eigenvalue weighted by molar-refractivity contribution is 0.0519. The third-order valence-electron chi connectivity index (χ3n) is 4.69. The number of benzene rings is 1. The van der Waals surface area contributed by atoms with E-state index in [1.54, 1.807) is 6.07 Å². The van der Waals surface area contributed by atoms with Gasteiger partial charge in [0.2, 0.25) is 5.88 Å². The van der Waals surface area contributed by atoms with Crippen LogP contribution in [0.2, 0.25) is 0 Å². The second-order valence-electron chi connectivity index (χ2n) is 6.86. The minimum absolute atomic E-state index is 0.0549. The van der Waals surface area contributed by atoms with Gasteiger partial charge in [0.1, 0.15) is 25.1 Å². The molecule has 1 saturated heterocycles. The van der Waals surface area contributed by atoms with Gasteiger partial charge in [-0.1, -0.05) is 6.07 Å². The van der Waals surface area contributed by atoms with Gasteiger partial charge in [0.25, 0.3) is 5.91 Å². The average Bonchev–Trinajstić information content (AvgIpc) is 2.66. The van der Waals surface area contributed by atoms with E-state index in [1.165, 1.54) is 0 Å². The summed E-state index contributed by atoms with van der Waals surface area (Å²) in [4.78, 5) is 23.5. The van der Waals surface area contributed by atoms with Gasteiger partial charge >= 0.3 is 0 Å². The number of fused-ring (bicyclic) bond motifs is 1. The Morgan fingerprint density at radius 3 is 2.93 bits per heavy atom. The number of likely N-dealkylation sites (tertiary alicyclic amines) is 1. The van der Waals surface area contributed by atoms with Crippen molar-refractivity contribution >= 4 is 5.91 Å². The molecule has 0 bridgehead atoms. The van der Waals surface area contributed by atoms with E-state index in [9.17, 15) is 4.79 Å². The first-order valence-electron chi connectivity index (χ1n) is 9.27. The summed E-state index contributed by atoms with van der Waals surface area (Å²) in [5, 5.41) is 0. The van der Waals surface area contributed by atoms with Gasteiger partial charge in [-0.25, -0.2) is 4.98 Å². The fraction of sp³-hybridized carbons (Fsp3) is 0.450. The summed E-state index contributed by atoms with van der Waals surface area (Å²) in [5.74, 6) is 2.36. The van der Waals surface area contributed by atoms with Crippen molar-refractivity contribution in [3.8, 4) is 17.4 Å². The number of hydrogen-bond donors (Lipinski definition) is 0.